The molecule has 4 rings (SSSR count). The fourth-order valence-corrected chi connectivity index (χ4v) is 5.60. The number of rotatable bonds is 6. The van der Waals surface area contributed by atoms with Gasteiger partial charge in [0.25, 0.3) is 0 Å². The van der Waals surface area contributed by atoms with E-state index in [0.29, 0.717) is 0 Å². The minimum atomic E-state index is -0.688. The van der Waals surface area contributed by atoms with Crippen molar-refractivity contribution in [2.24, 2.45) is 7.05 Å². The van der Waals surface area contributed by atoms with Crippen LogP contribution in [0.15, 0.2) is 54.7 Å². The van der Waals surface area contributed by atoms with E-state index in [1.807, 2.05) is 13.2 Å². The number of benzene rings is 3. The largest absolute Gasteiger partial charge is 2.00 e. The number of hydrogen-bond acceptors (Lipinski definition) is 4. The molecule has 0 saturated heterocycles. The van der Waals surface area contributed by atoms with Gasteiger partial charge < -0.3 is 10.2 Å². The van der Waals surface area contributed by atoms with Crippen LogP contribution in [0, 0.1) is 41.5 Å². The third kappa shape index (κ3) is 8.48. The van der Waals surface area contributed by atoms with Crippen LogP contribution in [-0.2, 0) is 28.1 Å². The Morgan fingerprint density at radius 1 is 0.769 bits per heavy atom. The Morgan fingerprint density at radius 3 is 1.59 bits per heavy atom. The minimum Gasteiger partial charge on any atom is -0.852 e. The van der Waals surface area contributed by atoms with Crippen LogP contribution in [0.4, 0.5) is 0 Å². The number of aryl methyl sites for hydroxylation is 7. The molecule has 1 heterocycles. The second kappa shape index (κ2) is 14.2. The average Bonchev–Trinajstić information content (AvgIpc) is 3.23. The fourth-order valence-electron chi connectivity index (χ4n) is 5.60. The summed E-state index contributed by atoms with van der Waals surface area (Å²) in [5, 5.41) is 28.7. The van der Waals surface area contributed by atoms with Gasteiger partial charge in [0.05, 0.1) is 6.20 Å². The van der Waals surface area contributed by atoms with Gasteiger partial charge in [0, 0.05) is 12.6 Å². The molecule has 0 fully saturated rings. The van der Waals surface area contributed by atoms with Crippen LogP contribution < -0.4 is 26.6 Å². The Morgan fingerprint density at radius 2 is 1.23 bits per heavy atom. The van der Waals surface area contributed by atoms with Gasteiger partial charge in [-0.3, -0.25) is 4.68 Å². The summed E-state index contributed by atoms with van der Waals surface area (Å²) in [5.41, 5.74) is 14.1. The molecule has 2 unspecified atom stereocenters. The third-order valence-corrected chi connectivity index (χ3v) is 6.84. The zero-order valence-electron chi connectivity index (χ0n) is 24.6. The molecule has 0 N–H and O–H groups in total. The van der Waals surface area contributed by atoms with E-state index in [4.69, 9.17) is 0 Å². The molecule has 0 aliphatic carbocycles. The molecule has 0 amide bonds. The maximum atomic E-state index is 10.1. The Balaban J connectivity index is 0.000000592. The first-order valence-corrected chi connectivity index (χ1v) is 13.3. The van der Waals surface area contributed by atoms with Crippen LogP contribution in [0.2, 0.25) is 0 Å². The molecule has 3 aromatic carbocycles. The summed E-state index contributed by atoms with van der Waals surface area (Å²) in [4.78, 5) is 0. The topological polar surface area (TPSA) is 76.8 Å². The summed E-state index contributed by atoms with van der Waals surface area (Å²) in [6.45, 7) is 16.5. The summed E-state index contributed by atoms with van der Waals surface area (Å²) in [6, 6.07) is 18.0. The molecule has 208 valence electrons. The summed E-state index contributed by atoms with van der Waals surface area (Å²) in [7, 11) is 1.90. The van der Waals surface area contributed by atoms with Gasteiger partial charge in [-0.05, 0) is 41.5 Å². The van der Waals surface area contributed by atoms with Crippen LogP contribution >= 0.6 is 0 Å². The summed E-state index contributed by atoms with van der Waals surface area (Å²) < 4.78 is 1.75. The predicted molar refractivity (Wildman–Crippen MR) is 156 cm³/mol. The van der Waals surface area contributed by atoms with Crippen molar-refractivity contribution in [3.05, 3.63) is 88.1 Å². The number of aromatic nitrogens is 3. The minimum absolute atomic E-state index is 0. The van der Waals surface area contributed by atoms with Gasteiger partial charge in [0.2, 0.25) is 6.71 Å². The van der Waals surface area contributed by atoms with E-state index in [2.05, 4.69) is 100 Å². The molecular weight excluding hydrogens is 664 g/mol. The zero-order valence-corrected chi connectivity index (χ0v) is 26.9. The van der Waals surface area contributed by atoms with Crippen molar-refractivity contribution >= 4 is 23.1 Å². The molecular formula is C32H40BN3O2Pt. The van der Waals surface area contributed by atoms with E-state index in [1.165, 1.54) is 63.6 Å². The normalized spacial score (nSPS) is 12.2. The quantitative estimate of drug-likeness (QED) is 0.290. The van der Waals surface area contributed by atoms with Crippen molar-refractivity contribution in [2.45, 2.75) is 74.0 Å². The van der Waals surface area contributed by atoms with Crippen molar-refractivity contribution in [1.82, 2.24) is 15.0 Å². The van der Waals surface area contributed by atoms with Crippen molar-refractivity contribution in [3.8, 4) is 11.3 Å². The van der Waals surface area contributed by atoms with E-state index in [-0.39, 0.29) is 34.2 Å². The molecule has 1 aromatic heterocycles. The maximum absolute atomic E-state index is 10.1. The van der Waals surface area contributed by atoms with E-state index < -0.39 is 12.2 Å². The molecule has 0 radical (unpaired) electrons. The van der Waals surface area contributed by atoms with Crippen LogP contribution in [0.5, 0.6) is 0 Å². The van der Waals surface area contributed by atoms with Gasteiger partial charge in [-0.1, -0.05) is 124 Å². The number of nitrogens with zero attached hydrogens (tertiary/aromatic N) is 3. The molecule has 39 heavy (non-hydrogen) atoms. The van der Waals surface area contributed by atoms with Crippen molar-refractivity contribution in [3.63, 3.8) is 0 Å². The van der Waals surface area contributed by atoms with Gasteiger partial charge in [-0.2, -0.15) is 0 Å². The van der Waals surface area contributed by atoms with Gasteiger partial charge in [-0.15, -0.1) is 17.3 Å². The average molecular weight is 705 g/mol. The van der Waals surface area contributed by atoms with Crippen LogP contribution in [0.1, 0.15) is 53.6 Å². The molecule has 0 aliphatic heterocycles. The van der Waals surface area contributed by atoms with Gasteiger partial charge in [0.1, 0.15) is 5.69 Å². The second-order valence-electron chi connectivity index (χ2n) is 10.8. The Bertz CT molecular complexity index is 1290. The molecule has 0 spiro atoms. The second-order valence-corrected chi connectivity index (χ2v) is 10.8. The molecule has 2 atom stereocenters. The Kier molecular flexibility index (Phi) is 11.9. The maximum Gasteiger partial charge on any atom is 2.00 e. The van der Waals surface area contributed by atoms with E-state index in [1.54, 1.807) is 4.68 Å². The van der Waals surface area contributed by atoms with Gasteiger partial charge >= 0.3 is 21.1 Å². The molecule has 0 aliphatic rings. The van der Waals surface area contributed by atoms with Gasteiger partial charge in [0.15, 0.2) is 0 Å². The van der Waals surface area contributed by atoms with Crippen LogP contribution in [-0.4, -0.2) is 33.9 Å². The smallest absolute Gasteiger partial charge is 0.852 e. The van der Waals surface area contributed by atoms with Crippen LogP contribution in [0.25, 0.3) is 11.3 Å². The van der Waals surface area contributed by atoms with Crippen LogP contribution in [0.3, 0.4) is 0 Å². The standard InChI is InChI=1S/C27H30BN3.C5H10O2.Pt/c1-17-11-19(3)26(20(4)12-17)28(27-21(5)13-18(2)14-22(27)6)24-10-8-9-23(15-24)25-16-31(7)30-29-25;1-4(6)3-5(2)7;/h8-16H,1-7H3;4-5H,3H2,1-2H3;/q;-2;+2. The molecule has 4 aromatic rings. The Hall–Kier alpha value is -2.53. The Labute approximate surface area is 249 Å². The fraction of sp³-hybridized carbons (Fsp3) is 0.375. The summed E-state index contributed by atoms with van der Waals surface area (Å²) >= 11 is 0. The predicted octanol–water partition coefficient (Wildman–Crippen LogP) is 2.72. The summed E-state index contributed by atoms with van der Waals surface area (Å²) in [5.74, 6) is 0. The number of hydrogen-bond donors (Lipinski definition) is 0. The monoisotopic (exact) mass is 704 g/mol. The van der Waals surface area contributed by atoms with E-state index in [0.717, 1.165) is 11.3 Å². The zero-order chi connectivity index (χ0) is 28.1. The molecule has 0 saturated carbocycles. The first-order valence-electron chi connectivity index (χ1n) is 13.3. The third-order valence-electron chi connectivity index (χ3n) is 6.84. The molecule has 0 bridgehead atoms. The van der Waals surface area contributed by atoms with Crippen molar-refractivity contribution in [2.75, 3.05) is 0 Å². The van der Waals surface area contributed by atoms with Crippen molar-refractivity contribution in [1.29, 1.82) is 0 Å². The first kappa shape index (κ1) is 32.7. The molecule has 7 heteroatoms. The van der Waals surface area contributed by atoms with Crippen molar-refractivity contribution < 1.29 is 31.3 Å². The van der Waals surface area contributed by atoms with Gasteiger partial charge in [-0.25, -0.2) is 0 Å². The van der Waals surface area contributed by atoms with E-state index >= 15 is 0 Å². The summed E-state index contributed by atoms with van der Waals surface area (Å²) in [6.07, 6.45) is 0.846. The van der Waals surface area contributed by atoms with E-state index in [9.17, 15) is 10.2 Å². The first-order chi connectivity index (χ1) is 17.9. The SMILES string of the molecule is CC([O-])CC(C)[O-].Cc1cc(C)c(B(c2cccc(-c3cn(C)nn3)c2)c2c(C)cc(C)cc2C)c(C)c1.[Pt+2]. The molecule has 5 nitrogen and oxygen atoms in total.